The van der Waals surface area contributed by atoms with Gasteiger partial charge in [-0.05, 0) is 42.7 Å². The van der Waals surface area contributed by atoms with Crippen molar-refractivity contribution in [2.24, 2.45) is 0 Å². The largest absolute Gasteiger partial charge is 0.386 e. The van der Waals surface area contributed by atoms with Crippen LogP contribution < -0.4 is 10.2 Å². The number of hydrogen-bond donors (Lipinski definition) is 2. The fourth-order valence-electron chi connectivity index (χ4n) is 2.35. The van der Waals surface area contributed by atoms with Gasteiger partial charge < -0.3 is 10.2 Å². The number of hydrogen-bond acceptors (Lipinski definition) is 2. The molecule has 2 N–H and O–H groups in total. The lowest BCUT2D eigenvalue weighted by atomic mass is 10.1. The molecule has 0 aromatic heterocycles. The first kappa shape index (κ1) is 20.3. The van der Waals surface area contributed by atoms with Gasteiger partial charge in [-0.3, -0.25) is 5.41 Å². The van der Waals surface area contributed by atoms with Crippen molar-refractivity contribution in [2.75, 3.05) is 23.8 Å². The zero-order valence-corrected chi connectivity index (χ0v) is 16.0. The van der Waals surface area contributed by atoms with Crippen LogP contribution in [0.4, 0.5) is 11.4 Å². The smallest absolute Gasteiger partial charge is 0.0862 e. The van der Waals surface area contributed by atoms with Crippen molar-refractivity contribution in [3.8, 4) is 0 Å². The molecule has 0 heterocycles. The second-order valence-electron chi connectivity index (χ2n) is 4.93. The van der Waals surface area contributed by atoms with E-state index in [2.05, 4.69) is 5.32 Å². The van der Waals surface area contributed by atoms with Crippen LogP contribution in [0.2, 0.25) is 10.0 Å². The zero-order valence-electron chi connectivity index (χ0n) is 14.4. The summed E-state index contributed by atoms with van der Waals surface area (Å²) in [7, 11) is 1.88. The number of rotatable bonds is 7. The maximum absolute atomic E-state index is 7.65. The van der Waals surface area contributed by atoms with Crippen LogP contribution in [0.25, 0.3) is 0 Å². The SMILES string of the molecule is CC.CNc1ccccc1N(C=N)CCCc1ccc(Cl)cc1Cl. The second kappa shape index (κ2) is 11.0. The highest BCUT2D eigenvalue weighted by Crippen LogP contribution is 2.25. The van der Waals surface area contributed by atoms with E-state index < -0.39 is 0 Å². The number of para-hydroxylation sites is 2. The summed E-state index contributed by atoms with van der Waals surface area (Å²) in [4.78, 5) is 1.93. The lowest BCUT2D eigenvalue weighted by molar-refractivity contribution is 0.822. The summed E-state index contributed by atoms with van der Waals surface area (Å²) in [6, 6.07) is 13.5. The molecule has 3 nitrogen and oxygen atoms in total. The van der Waals surface area contributed by atoms with Gasteiger partial charge in [0.05, 0.1) is 17.7 Å². The lowest BCUT2D eigenvalue weighted by Gasteiger charge is -2.22. The fraction of sp³-hybridized carbons (Fsp3) is 0.316. The van der Waals surface area contributed by atoms with Gasteiger partial charge in [-0.2, -0.15) is 0 Å². The van der Waals surface area contributed by atoms with Gasteiger partial charge in [0.2, 0.25) is 0 Å². The molecule has 0 fully saturated rings. The Kier molecular flexibility index (Phi) is 9.28. The van der Waals surface area contributed by atoms with Gasteiger partial charge in [-0.1, -0.05) is 55.2 Å². The molecule has 0 atom stereocenters. The van der Waals surface area contributed by atoms with Gasteiger partial charge in [0, 0.05) is 23.6 Å². The van der Waals surface area contributed by atoms with Gasteiger partial charge in [-0.15, -0.1) is 0 Å². The fourth-order valence-corrected chi connectivity index (χ4v) is 2.86. The lowest BCUT2D eigenvalue weighted by Crippen LogP contribution is -2.23. The highest BCUT2D eigenvalue weighted by Gasteiger charge is 2.08. The van der Waals surface area contributed by atoms with E-state index in [1.807, 2.05) is 62.2 Å². The van der Waals surface area contributed by atoms with Crippen LogP contribution >= 0.6 is 23.2 Å². The Labute approximate surface area is 155 Å². The minimum absolute atomic E-state index is 0.651. The molecule has 0 saturated heterocycles. The monoisotopic (exact) mass is 365 g/mol. The van der Waals surface area contributed by atoms with E-state index in [-0.39, 0.29) is 0 Å². The summed E-state index contributed by atoms with van der Waals surface area (Å²) >= 11 is 12.1. The first-order valence-corrected chi connectivity index (χ1v) is 8.89. The van der Waals surface area contributed by atoms with Crippen LogP contribution in [0, 0.1) is 5.41 Å². The normalized spacial score (nSPS) is 9.71. The molecule has 0 aliphatic carbocycles. The maximum Gasteiger partial charge on any atom is 0.0862 e. The molecule has 0 bridgehead atoms. The van der Waals surface area contributed by atoms with E-state index in [1.165, 1.54) is 6.34 Å². The number of benzene rings is 2. The Hall–Kier alpha value is -1.71. The number of nitrogens with one attached hydrogen (secondary N) is 2. The average molecular weight is 366 g/mol. The quantitative estimate of drug-likeness (QED) is 0.458. The molecule has 5 heteroatoms. The summed E-state index contributed by atoms with van der Waals surface area (Å²) in [6.45, 7) is 4.75. The predicted octanol–water partition coefficient (Wildman–Crippen LogP) is 6.11. The van der Waals surface area contributed by atoms with Gasteiger partial charge in [0.25, 0.3) is 0 Å². The molecule has 0 amide bonds. The Morgan fingerprint density at radius 2 is 1.83 bits per heavy atom. The van der Waals surface area contributed by atoms with Crippen molar-refractivity contribution in [1.29, 1.82) is 5.41 Å². The first-order chi connectivity index (χ1) is 11.7. The summed E-state index contributed by atoms with van der Waals surface area (Å²) < 4.78 is 0. The number of aryl methyl sites for hydroxylation is 1. The van der Waals surface area contributed by atoms with E-state index in [9.17, 15) is 0 Å². The molecule has 2 aromatic carbocycles. The molecule has 0 saturated carbocycles. The van der Waals surface area contributed by atoms with E-state index in [4.69, 9.17) is 28.6 Å². The average Bonchev–Trinajstić information content (AvgIpc) is 2.62. The first-order valence-electron chi connectivity index (χ1n) is 8.13. The Morgan fingerprint density at radius 3 is 2.46 bits per heavy atom. The molecule has 0 unspecified atom stereocenters. The third kappa shape index (κ3) is 5.73. The zero-order chi connectivity index (χ0) is 17.9. The molecule has 0 spiro atoms. The van der Waals surface area contributed by atoms with E-state index >= 15 is 0 Å². The Morgan fingerprint density at radius 1 is 1.12 bits per heavy atom. The van der Waals surface area contributed by atoms with Crippen molar-refractivity contribution in [3.63, 3.8) is 0 Å². The standard InChI is InChI=1S/C17H19Cl2N3.C2H6/c1-21-16-6-2-3-7-17(16)22(12-20)10-4-5-13-8-9-14(18)11-15(13)19;1-2/h2-3,6-9,11-12,20-21H,4-5,10H2,1H3;1-2H3. The highest BCUT2D eigenvalue weighted by atomic mass is 35.5. The van der Waals surface area contributed by atoms with E-state index in [0.717, 1.165) is 36.3 Å². The Bertz CT molecular complexity index is 644. The second-order valence-corrected chi connectivity index (χ2v) is 5.77. The van der Waals surface area contributed by atoms with Crippen molar-refractivity contribution in [2.45, 2.75) is 26.7 Å². The Balaban J connectivity index is 0.00000139. The molecule has 0 radical (unpaired) electrons. The van der Waals surface area contributed by atoms with Crippen LogP contribution in [0.3, 0.4) is 0 Å². The van der Waals surface area contributed by atoms with Gasteiger partial charge in [-0.25, -0.2) is 0 Å². The molecule has 2 rings (SSSR count). The van der Waals surface area contributed by atoms with Crippen molar-refractivity contribution < 1.29 is 0 Å². The minimum atomic E-state index is 0.651. The summed E-state index contributed by atoms with van der Waals surface area (Å²) in [6.07, 6.45) is 3.11. The maximum atomic E-state index is 7.65. The van der Waals surface area contributed by atoms with Gasteiger partial charge in [0.1, 0.15) is 0 Å². The summed E-state index contributed by atoms with van der Waals surface area (Å²) in [5.41, 5.74) is 3.09. The molecule has 24 heavy (non-hydrogen) atoms. The van der Waals surface area contributed by atoms with Crippen LogP contribution in [0.1, 0.15) is 25.8 Å². The number of anilines is 2. The number of halogens is 2. The minimum Gasteiger partial charge on any atom is -0.386 e. The third-order valence-electron chi connectivity index (χ3n) is 3.50. The number of nitrogens with zero attached hydrogens (tertiary/aromatic N) is 1. The third-order valence-corrected chi connectivity index (χ3v) is 4.09. The highest BCUT2D eigenvalue weighted by molar-refractivity contribution is 6.35. The van der Waals surface area contributed by atoms with Gasteiger partial charge in [0.15, 0.2) is 0 Å². The topological polar surface area (TPSA) is 39.1 Å². The molecule has 0 aliphatic heterocycles. The van der Waals surface area contributed by atoms with Crippen LogP contribution in [0.5, 0.6) is 0 Å². The molecule has 2 aromatic rings. The van der Waals surface area contributed by atoms with Crippen molar-refractivity contribution in [1.82, 2.24) is 0 Å². The van der Waals surface area contributed by atoms with Crippen LogP contribution in [-0.4, -0.2) is 19.9 Å². The van der Waals surface area contributed by atoms with Crippen LogP contribution in [-0.2, 0) is 6.42 Å². The molecular formula is C19H25Cl2N3. The summed E-state index contributed by atoms with van der Waals surface area (Å²) in [5, 5.41) is 12.2. The predicted molar refractivity (Wildman–Crippen MR) is 108 cm³/mol. The van der Waals surface area contributed by atoms with Crippen molar-refractivity contribution >= 4 is 40.9 Å². The van der Waals surface area contributed by atoms with E-state index in [1.54, 1.807) is 6.07 Å². The van der Waals surface area contributed by atoms with E-state index in [0.29, 0.717) is 10.0 Å². The van der Waals surface area contributed by atoms with Gasteiger partial charge >= 0.3 is 0 Å². The van der Waals surface area contributed by atoms with Crippen LogP contribution in [0.15, 0.2) is 42.5 Å². The summed E-state index contributed by atoms with van der Waals surface area (Å²) in [5.74, 6) is 0. The van der Waals surface area contributed by atoms with Crippen molar-refractivity contribution in [3.05, 3.63) is 58.1 Å². The molecule has 130 valence electrons. The molecular weight excluding hydrogens is 341 g/mol. The molecule has 0 aliphatic rings.